The molecule has 0 atom stereocenters. The van der Waals surface area contributed by atoms with Gasteiger partial charge in [-0.15, -0.1) is 0 Å². The molecule has 0 amide bonds. The molecular weight excluding hydrogens is 413 g/mol. The molecule has 21 heavy (non-hydrogen) atoms. The van der Waals surface area contributed by atoms with Crippen LogP contribution in [0.4, 0.5) is 0 Å². The smallest absolute Gasteiger partial charge is 0.153 e. The predicted octanol–water partition coefficient (Wildman–Crippen LogP) is 5.97. The van der Waals surface area contributed by atoms with Gasteiger partial charge in [0.1, 0.15) is 18.7 Å². The van der Waals surface area contributed by atoms with E-state index in [1.165, 1.54) is 5.38 Å². The van der Waals surface area contributed by atoms with Gasteiger partial charge in [-0.05, 0) is 51.3 Å². The zero-order chi connectivity index (χ0) is 15.9. The molecule has 0 aliphatic heterocycles. The van der Waals surface area contributed by atoms with E-state index in [0.717, 1.165) is 14.7 Å². The van der Waals surface area contributed by atoms with Crippen LogP contribution in [0.3, 0.4) is 0 Å². The standard InChI is InChI=1S/C16H23ClINOSi/c1-9(2)21(10(3)4,11(5)6)16-14(18)15-12(20-16)7-8-13(17)19-15/h7-11H,1-6H3. The molecule has 2 rings (SSSR count). The Balaban J connectivity index is 2.80. The zero-order valence-electron chi connectivity index (χ0n) is 13.5. The number of hydrogen-bond donors (Lipinski definition) is 0. The molecule has 0 N–H and O–H groups in total. The highest BCUT2D eigenvalue weighted by molar-refractivity contribution is 14.1. The van der Waals surface area contributed by atoms with E-state index in [4.69, 9.17) is 16.0 Å². The number of furan rings is 1. The molecule has 116 valence electrons. The number of halogens is 2. The Morgan fingerprint density at radius 3 is 2.05 bits per heavy atom. The fraction of sp³-hybridized carbons (Fsp3) is 0.562. The van der Waals surface area contributed by atoms with Crippen molar-refractivity contribution >= 4 is 58.7 Å². The molecule has 5 heteroatoms. The second kappa shape index (κ2) is 6.20. The summed E-state index contributed by atoms with van der Waals surface area (Å²) in [6.45, 7) is 14.1. The normalized spacial score (nSPS) is 13.1. The van der Waals surface area contributed by atoms with Gasteiger partial charge in [-0.3, -0.25) is 0 Å². The van der Waals surface area contributed by atoms with Crippen molar-refractivity contribution in [1.29, 1.82) is 0 Å². The minimum Gasteiger partial charge on any atom is -0.463 e. The number of fused-ring (bicyclic) bond motifs is 1. The molecular formula is C16H23ClINOSi. The van der Waals surface area contributed by atoms with Crippen molar-refractivity contribution in [3.8, 4) is 0 Å². The maximum Gasteiger partial charge on any atom is 0.153 e. The zero-order valence-corrected chi connectivity index (χ0v) is 17.4. The minimum absolute atomic E-state index is 0.527. The van der Waals surface area contributed by atoms with E-state index in [1.807, 2.05) is 6.07 Å². The topological polar surface area (TPSA) is 26.0 Å². The third-order valence-electron chi connectivity index (χ3n) is 4.70. The van der Waals surface area contributed by atoms with Crippen LogP contribution in [-0.4, -0.2) is 13.1 Å². The largest absolute Gasteiger partial charge is 0.463 e. The lowest BCUT2D eigenvalue weighted by molar-refractivity contribution is 0.631. The Bertz CT molecular complexity index is 629. The lowest BCUT2D eigenvalue weighted by Gasteiger charge is -2.41. The van der Waals surface area contributed by atoms with Crippen molar-refractivity contribution in [1.82, 2.24) is 4.98 Å². The van der Waals surface area contributed by atoms with Crippen LogP contribution in [0.15, 0.2) is 16.5 Å². The van der Waals surface area contributed by atoms with Crippen LogP contribution in [0.1, 0.15) is 41.5 Å². The first-order chi connectivity index (χ1) is 9.72. The SMILES string of the molecule is CC(C)[Si](c1oc2ccc(Cl)nc2c1I)(C(C)C)C(C)C. The van der Waals surface area contributed by atoms with Crippen molar-refractivity contribution in [2.75, 3.05) is 0 Å². The van der Waals surface area contributed by atoms with Gasteiger partial charge in [-0.25, -0.2) is 4.98 Å². The van der Waals surface area contributed by atoms with Gasteiger partial charge in [0.2, 0.25) is 0 Å². The average Bonchev–Trinajstić information content (AvgIpc) is 2.67. The van der Waals surface area contributed by atoms with Gasteiger partial charge >= 0.3 is 0 Å². The van der Waals surface area contributed by atoms with Gasteiger partial charge in [0.15, 0.2) is 5.58 Å². The van der Waals surface area contributed by atoms with Crippen LogP contribution < -0.4 is 5.38 Å². The van der Waals surface area contributed by atoms with Crippen molar-refractivity contribution in [2.24, 2.45) is 0 Å². The first-order valence-electron chi connectivity index (χ1n) is 7.47. The molecule has 0 radical (unpaired) electrons. The van der Waals surface area contributed by atoms with E-state index in [0.29, 0.717) is 21.8 Å². The number of hydrogen-bond acceptors (Lipinski definition) is 2. The highest BCUT2D eigenvalue weighted by atomic mass is 127. The van der Waals surface area contributed by atoms with Crippen LogP contribution in [0.5, 0.6) is 0 Å². The minimum atomic E-state index is -1.81. The van der Waals surface area contributed by atoms with Gasteiger partial charge in [0, 0.05) is 0 Å². The summed E-state index contributed by atoms with van der Waals surface area (Å²) in [6, 6.07) is 3.74. The van der Waals surface area contributed by atoms with Crippen molar-refractivity contribution < 1.29 is 4.42 Å². The fourth-order valence-electron chi connectivity index (χ4n) is 3.99. The van der Waals surface area contributed by atoms with Crippen LogP contribution >= 0.6 is 34.2 Å². The Morgan fingerprint density at radius 2 is 1.57 bits per heavy atom. The lowest BCUT2D eigenvalue weighted by atomic mass is 10.4. The molecule has 0 aliphatic rings. The first-order valence-corrected chi connectivity index (χ1v) is 11.2. The molecule has 0 unspecified atom stereocenters. The number of rotatable bonds is 4. The van der Waals surface area contributed by atoms with Gasteiger partial charge in [0.25, 0.3) is 0 Å². The molecule has 0 bridgehead atoms. The Labute approximate surface area is 146 Å². The highest BCUT2D eigenvalue weighted by Crippen LogP contribution is 2.43. The van der Waals surface area contributed by atoms with Crippen molar-refractivity contribution in [3.05, 3.63) is 20.9 Å². The van der Waals surface area contributed by atoms with E-state index >= 15 is 0 Å². The van der Waals surface area contributed by atoms with E-state index in [2.05, 4.69) is 69.1 Å². The van der Waals surface area contributed by atoms with E-state index in [9.17, 15) is 0 Å². The van der Waals surface area contributed by atoms with Crippen molar-refractivity contribution in [2.45, 2.75) is 58.2 Å². The Hall–Kier alpha value is -0.0731. The number of aromatic nitrogens is 1. The maximum absolute atomic E-state index is 6.34. The second-order valence-corrected chi connectivity index (χ2v) is 13.9. The molecule has 0 aromatic carbocycles. The van der Waals surface area contributed by atoms with Gasteiger partial charge in [-0.2, -0.15) is 0 Å². The maximum atomic E-state index is 6.34. The third-order valence-corrected chi connectivity index (χ3v) is 13.3. The monoisotopic (exact) mass is 435 g/mol. The highest BCUT2D eigenvalue weighted by Gasteiger charge is 2.49. The molecule has 0 saturated carbocycles. The number of nitrogens with zero attached hydrogens (tertiary/aromatic N) is 1. The summed E-state index contributed by atoms with van der Waals surface area (Å²) in [6.07, 6.45) is 0. The third kappa shape index (κ3) is 2.68. The summed E-state index contributed by atoms with van der Waals surface area (Å²) in [5.41, 5.74) is 3.61. The summed E-state index contributed by atoms with van der Waals surface area (Å²) in [5, 5.41) is 1.73. The van der Waals surface area contributed by atoms with Crippen LogP contribution in [0.25, 0.3) is 11.1 Å². The molecule has 2 aromatic heterocycles. The lowest BCUT2D eigenvalue weighted by Crippen LogP contribution is -2.56. The second-order valence-electron chi connectivity index (χ2n) is 6.62. The summed E-state index contributed by atoms with van der Waals surface area (Å²) in [4.78, 5) is 4.47. The Kier molecular flexibility index (Phi) is 5.10. The van der Waals surface area contributed by atoms with Gasteiger partial charge in [-0.1, -0.05) is 53.1 Å². The molecule has 2 nitrogen and oxygen atoms in total. The molecule has 2 aromatic rings. The fourth-order valence-corrected chi connectivity index (χ4v) is 12.4. The van der Waals surface area contributed by atoms with Gasteiger partial charge < -0.3 is 4.42 Å². The van der Waals surface area contributed by atoms with E-state index in [-0.39, 0.29) is 0 Å². The summed E-state index contributed by atoms with van der Waals surface area (Å²) in [7, 11) is -1.81. The quantitative estimate of drug-likeness (QED) is 0.336. The predicted molar refractivity (Wildman–Crippen MR) is 102 cm³/mol. The summed E-state index contributed by atoms with van der Waals surface area (Å²) in [5.74, 6) is 0. The summed E-state index contributed by atoms with van der Waals surface area (Å²) < 4.78 is 7.50. The first kappa shape index (κ1) is 17.3. The molecule has 0 spiro atoms. The van der Waals surface area contributed by atoms with Crippen molar-refractivity contribution in [3.63, 3.8) is 0 Å². The number of pyridine rings is 1. The Morgan fingerprint density at radius 1 is 1.05 bits per heavy atom. The molecule has 0 fully saturated rings. The molecule has 0 saturated heterocycles. The van der Waals surface area contributed by atoms with Gasteiger partial charge in [0.05, 0.1) is 8.95 Å². The van der Waals surface area contributed by atoms with E-state index < -0.39 is 8.07 Å². The molecule has 2 heterocycles. The van der Waals surface area contributed by atoms with Crippen LogP contribution in [0.2, 0.25) is 21.8 Å². The summed E-state index contributed by atoms with van der Waals surface area (Å²) >= 11 is 8.45. The average molecular weight is 436 g/mol. The van der Waals surface area contributed by atoms with Crippen LogP contribution in [0, 0.1) is 3.57 Å². The molecule has 0 aliphatic carbocycles. The van der Waals surface area contributed by atoms with E-state index in [1.54, 1.807) is 6.07 Å². The van der Waals surface area contributed by atoms with Crippen LogP contribution in [-0.2, 0) is 0 Å².